The van der Waals surface area contributed by atoms with E-state index in [9.17, 15) is 0 Å². The number of nitrogens with zero attached hydrogens (tertiary/aromatic N) is 1. The van der Waals surface area contributed by atoms with Gasteiger partial charge in [0, 0.05) is 30.7 Å². The van der Waals surface area contributed by atoms with E-state index < -0.39 is 0 Å². The minimum Gasteiger partial charge on any atom is -0.457 e. The molecule has 6 heteroatoms. The summed E-state index contributed by atoms with van der Waals surface area (Å²) in [6, 6.07) is 11.1. The van der Waals surface area contributed by atoms with Crippen molar-refractivity contribution in [3.63, 3.8) is 0 Å². The van der Waals surface area contributed by atoms with Gasteiger partial charge in [-0.2, -0.15) is 0 Å². The van der Waals surface area contributed by atoms with Gasteiger partial charge in [-0.05, 0) is 37.4 Å². The summed E-state index contributed by atoms with van der Waals surface area (Å²) in [6.45, 7) is 2.47. The smallest absolute Gasteiger partial charge is 0.191 e. The van der Waals surface area contributed by atoms with Gasteiger partial charge in [0.25, 0.3) is 0 Å². The molecule has 0 fully saturated rings. The zero-order chi connectivity index (χ0) is 17.1. The Morgan fingerprint density at radius 3 is 2.62 bits per heavy atom. The second kappa shape index (κ2) is 7.26. The lowest BCUT2D eigenvalue weighted by Crippen LogP contribution is -2.06. The Kier molecular flexibility index (Phi) is 5.09. The van der Waals surface area contributed by atoms with Crippen molar-refractivity contribution in [2.24, 2.45) is 0 Å². The zero-order valence-electron chi connectivity index (χ0n) is 13.3. The van der Waals surface area contributed by atoms with Crippen molar-refractivity contribution in [2.45, 2.75) is 13.5 Å². The van der Waals surface area contributed by atoms with Gasteiger partial charge in [-0.15, -0.1) is 0 Å². The van der Waals surface area contributed by atoms with Crippen LogP contribution in [-0.4, -0.2) is 12.0 Å². The van der Waals surface area contributed by atoms with Gasteiger partial charge < -0.3 is 14.5 Å². The molecule has 2 aromatic carbocycles. The first-order chi connectivity index (χ1) is 11.6. The number of aromatic nitrogens is 1. The molecule has 4 nitrogen and oxygen atoms in total. The van der Waals surface area contributed by atoms with Crippen molar-refractivity contribution in [3.05, 3.63) is 64.2 Å². The molecule has 0 spiro atoms. The van der Waals surface area contributed by atoms with E-state index in [2.05, 4.69) is 10.3 Å². The summed E-state index contributed by atoms with van der Waals surface area (Å²) in [7, 11) is 1.88. The molecular formula is C18H16Cl2N2O2. The Balaban J connectivity index is 1.93. The van der Waals surface area contributed by atoms with E-state index in [1.807, 2.05) is 32.2 Å². The van der Waals surface area contributed by atoms with Crippen molar-refractivity contribution >= 4 is 23.2 Å². The normalized spacial score (nSPS) is 10.8. The summed E-state index contributed by atoms with van der Waals surface area (Å²) in [4.78, 5) is 4.36. The molecule has 0 radical (unpaired) electrons. The topological polar surface area (TPSA) is 47.3 Å². The minimum atomic E-state index is 0.457. The van der Waals surface area contributed by atoms with Crippen LogP contribution in [0.5, 0.6) is 11.5 Å². The number of nitrogens with one attached hydrogen (secondary N) is 1. The molecule has 1 aromatic heterocycles. The Hall–Kier alpha value is -2.01. The maximum Gasteiger partial charge on any atom is 0.191 e. The number of ether oxygens (including phenoxy) is 1. The van der Waals surface area contributed by atoms with E-state index in [4.69, 9.17) is 32.4 Å². The first-order valence-electron chi connectivity index (χ1n) is 7.40. The number of aryl methyl sites for hydroxylation is 1. The molecule has 24 heavy (non-hydrogen) atoms. The highest BCUT2D eigenvalue weighted by atomic mass is 35.5. The fourth-order valence-corrected chi connectivity index (χ4v) is 2.62. The molecular weight excluding hydrogens is 347 g/mol. The van der Waals surface area contributed by atoms with Gasteiger partial charge in [-0.1, -0.05) is 23.2 Å². The molecule has 3 aromatic rings. The van der Waals surface area contributed by atoms with E-state index in [1.165, 1.54) is 0 Å². The molecule has 0 amide bonds. The molecule has 0 aliphatic carbocycles. The van der Waals surface area contributed by atoms with Crippen LogP contribution in [0.4, 0.5) is 0 Å². The molecule has 0 saturated carbocycles. The fraction of sp³-hybridized carbons (Fsp3) is 0.167. The number of hydrogen-bond acceptors (Lipinski definition) is 4. The Bertz CT molecular complexity index is 862. The van der Waals surface area contributed by atoms with E-state index in [0.29, 0.717) is 28.2 Å². The second-order valence-corrected chi connectivity index (χ2v) is 6.10. The van der Waals surface area contributed by atoms with Gasteiger partial charge in [0.15, 0.2) is 5.89 Å². The van der Waals surface area contributed by atoms with Crippen LogP contribution in [0.2, 0.25) is 10.0 Å². The molecule has 0 bridgehead atoms. The largest absolute Gasteiger partial charge is 0.457 e. The summed E-state index contributed by atoms with van der Waals surface area (Å²) < 4.78 is 11.3. The SMILES string of the molecule is CNCc1cc(-c2coc(C)n2)ccc1Oc1ccc(Cl)c(Cl)c1. The van der Waals surface area contributed by atoms with Crippen molar-refractivity contribution in [2.75, 3.05) is 7.05 Å². The monoisotopic (exact) mass is 362 g/mol. The molecule has 0 aliphatic rings. The highest BCUT2D eigenvalue weighted by Crippen LogP contribution is 2.33. The Labute approximate surface area is 150 Å². The average Bonchev–Trinajstić information content (AvgIpc) is 2.99. The number of hydrogen-bond donors (Lipinski definition) is 1. The molecule has 0 saturated heterocycles. The highest BCUT2D eigenvalue weighted by Gasteiger charge is 2.10. The molecule has 0 unspecified atom stereocenters. The lowest BCUT2D eigenvalue weighted by molar-refractivity contribution is 0.474. The van der Waals surface area contributed by atoms with E-state index in [-0.39, 0.29) is 0 Å². The summed E-state index contributed by atoms with van der Waals surface area (Å²) >= 11 is 12.0. The van der Waals surface area contributed by atoms with Crippen molar-refractivity contribution < 1.29 is 9.15 Å². The number of benzene rings is 2. The van der Waals surface area contributed by atoms with Crippen molar-refractivity contribution in [3.8, 4) is 22.8 Å². The predicted octanol–water partition coefficient (Wildman–Crippen LogP) is 5.47. The van der Waals surface area contributed by atoms with Gasteiger partial charge in [-0.25, -0.2) is 4.98 Å². The standard InChI is InChI=1S/C18H16Cl2N2O2/c1-11-22-17(10-23-11)12-3-6-18(13(7-12)9-21-2)24-14-4-5-15(19)16(20)8-14/h3-8,10,21H,9H2,1-2H3. The van der Waals surface area contributed by atoms with Gasteiger partial charge in [0.05, 0.1) is 10.0 Å². The van der Waals surface area contributed by atoms with E-state index >= 15 is 0 Å². The lowest BCUT2D eigenvalue weighted by atomic mass is 10.1. The van der Waals surface area contributed by atoms with Crippen LogP contribution >= 0.6 is 23.2 Å². The number of oxazole rings is 1. The van der Waals surface area contributed by atoms with Crippen LogP contribution in [0.3, 0.4) is 0 Å². The summed E-state index contributed by atoms with van der Waals surface area (Å²) in [5, 5.41) is 4.10. The van der Waals surface area contributed by atoms with Crippen molar-refractivity contribution in [1.82, 2.24) is 10.3 Å². The maximum absolute atomic E-state index is 6.05. The van der Waals surface area contributed by atoms with Gasteiger partial charge in [0.1, 0.15) is 23.5 Å². The third-order valence-corrected chi connectivity index (χ3v) is 4.20. The first kappa shape index (κ1) is 16.8. The molecule has 3 rings (SSSR count). The third-order valence-electron chi connectivity index (χ3n) is 3.46. The number of halogens is 2. The summed E-state index contributed by atoms with van der Waals surface area (Å²) in [5.41, 5.74) is 2.77. The maximum atomic E-state index is 6.05. The predicted molar refractivity (Wildman–Crippen MR) is 96.0 cm³/mol. The summed E-state index contributed by atoms with van der Waals surface area (Å²) in [6.07, 6.45) is 1.65. The molecule has 124 valence electrons. The van der Waals surface area contributed by atoms with Crippen LogP contribution in [0.1, 0.15) is 11.5 Å². The van der Waals surface area contributed by atoms with Crippen LogP contribution in [-0.2, 0) is 6.54 Å². The number of rotatable bonds is 5. The van der Waals surface area contributed by atoms with Crippen LogP contribution in [0, 0.1) is 6.92 Å². The van der Waals surface area contributed by atoms with E-state index in [0.717, 1.165) is 22.6 Å². The van der Waals surface area contributed by atoms with Gasteiger partial charge in [0.2, 0.25) is 0 Å². The molecule has 1 heterocycles. The molecule has 0 atom stereocenters. The minimum absolute atomic E-state index is 0.457. The van der Waals surface area contributed by atoms with Gasteiger partial charge >= 0.3 is 0 Å². The summed E-state index contributed by atoms with van der Waals surface area (Å²) in [5.74, 6) is 2.01. The Morgan fingerprint density at radius 2 is 1.96 bits per heavy atom. The average molecular weight is 363 g/mol. The lowest BCUT2D eigenvalue weighted by Gasteiger charge is -2.13. The van der Waals surface area contributed by atoms with Crippen LogP contribution < -0.4 is 10.1 Å². The zero-order valence-corrected chi connectivity index (χ0v) is 14.8. The van der Waals surface area contributed by atoms with Gasteiger partial charge in [-0.3, -0.25) is 0 Å². The van der Waals surface area contributed by atoms with Crippen LogP contribution in [0.25, 0.3) is 11.3 Å². The van der Waals surface area contributed by atoms with E-state index in [1.54, 1.807) is 24.5 Å². The first-order valence-corrected chi connectivity index (χ1v) is 8.15. The Morgan fingerprint density at radius 1 is 1.12 bits per heavy atom. The van der Waals surface area contributed by atoms with Crippen LogP contribution in [0.15, 0.2) is 47.1 Å². The molecule has 1 N–H and O–H groups in total. The third kappa shape index (κ3) is 3.73. The quantitative estimate of drug-likeness (QED) is 0.653. The second-order valence-electron chi connectivity index (χ2n) is 5.28. The highest BCUT2D eigenvalue weighted by molar-refractivity contribution is 6.42. The molecule has 0 aliphatic heterocycles. The van der Waals surface area contributed by atoms with Crippen molar-refractivity contribution in [1.29, 1.82) is 0 Å². The fourth-order valence-electron chi connectivity index (χ4n) is 2.33.